The van der Waals surface area contributed by atoms with Crippen LogP contribution in [0.3, 0.4) is 0 Å². The second kappa shape index (κ2) is 15.5. The maximum atomic E-state index is 15.6. The Bertz CT molecular complexity index is 2050. The number of aromatic nitrogens is 4. The zero-order valence-electron chi connectivity index (χ0n) is 25.9. The van der Waals surface area contributed by atoms with E-state index in [4.69, 9.17) is 34.2 Å². The van der Waals surface area contributed by atoms with Crippen LogP contribution in [0.2, 0.25) is 0 Å². The van der Waals surface area contributed by atoms with Gasteiger partial charge in [0.05, 0.1) is 42.0 Å². The molecule has 14 nitrogen and oxygen atoms in total. The van der Waals surface area contributed by atoms with Gasteiger partial charge in [-0.15, -0.1) is 11.3 Å². The minimum Gasteiger partial charge on any atom is -0.424 e. The lowest BCUT2D eigenvalue weighted by Gasteiger charge is -2.37. The molecule has 0 spiro atoms. The molecule has 5 aromatic rings. The molecule has 0 fully saturated rings. The first-order valence-corrected chi connectivity index (χ1v) is 16.8. The van der Waals surface area contributed by atoms with Crippen molar-refractivity contribution >= 4 is 31.3 Å². The molecule has 2 N–H and O–H groups in total. The second-order valence-electron chi connectivity index (χ2n) is 10.6. The number of nitrogens with zero attached hydrogens (tertiary/aromatic N) is 5. The number of phosphoric ester groups is 1. The van der Waals surface area contributed by atoms with Crippen LogP contribution in [-0.4, -0.2) is 48.5 Å². The van der Waals surface area contributed by atoms with Gasteiger partial charge in [0.25, 0.3) is 0 Å². The minimum atomic E-state index is -4.69. The molecule has 0 aliphatic heterocycles. The highest BCUT2D eigenvalue weighted by Gasteiger charge is 2.47. The second-order valence-corrected chi connectivity index (χ2v) is 12.7. The van der Waals surface area contributed by atoms with Gasteiger partial charge in [-0.05, 0) is 42.0 Å². The highest BCUT2D eigenvalue weighted by atomic mass is 32.1. The van der Waals surface area contributed by atoms with Crippen molar-refractivity contribution in [2.45, 2.75) is 31.6 Å². The fourth-order valence-corrected chi connectivity index (χ4v) is 6.13. The number of phosphoric acid groups is 1. The van der Waals surface area contributed by atoms with Crippen LogP contribution in [0.5, 0.6) is 0 Å². The first kappa shape index (κ1) is 35.9. The van der Waals surface area contributed by atoms with Gasteiger partial charge in [-0.25, -0.2) is 37.6 Å². The average molecular weight is 726 g/mol. The number of carbonyl (C=O) groups is 2. The Hall–Kier alpha value is -5.37. The van der Waals surface area contributed by atoms with Gasteiger partial charge in [-0.3, -0.25) is 4.52 Å². The Kier molecular flexibility index (Phi) is 11.1. The number of hydrogen-bond acceptors (Lipinski definition) is 12. The molecule has 0 radical (unpaired) electrons. The fourth-order valence-electron chi connectivity index (χ4n) is 4.84. The van der Waals surface area contributed by atoms with E-state index in [-0.39, 0.29) is 17.7 Å². The fraction of sp³-hybridized carbons (Fsp3) is 0.188. The summed E-state index contributed by atoms with van der Waals surface area (Å²) in [7, 11) is -4.69. The highest BCUT2D eigenvalue weighted by molar-refractivity contribution is 7.46. The molecule has 0 aliphatic carbocycles. The summed E-state index contributed by atoms with van der Waals surface area (Å²) < 4.78 is 62.4. The van der Waals surface area contributed by atoms with Crippen molar-refractivity contribution in [2.24, 2.45) is 0 Å². The summed E-state index contributed by atoms with van der Waals surface area (Å²) >= 11 is 1.19. The van der Waals surface area contributed by atoms with Gasteiger partial charge < -0.3 is 24.0 Å². The van der Waals surface area contributed by atoms with E-state index in [9.17, 15) is 18.5 Å². The molecule has 0 saturated carbocycles. The van der Waals surface area contributed by atoms with E-state index in [2.05, 4.69) is 14.6 Å². The summed E-state index contributed by atoms with van der Waals surface area (Å²) in [6, 6.07) is 16.9. The number of halogens is 2. The Balaban J connectivity index is 1.39. The quantitative estimate of drug-likeness (QED) is 0.0837. The molecule has 0 amide bonds. The van der Waals surface area contributed by atoms with Crippen LogP contribution in [-0.2, 0) is 42.1 Å². The van der Waals surface area contributed by atoms with Crippen LogP contribution >= 0.6 is 19.2 Å². The topological polar surface area (TPSA) is 196 Å². The van der Waals surface area contributed by atoms with E-state index in [0.717, 1.165) is 12.1 Å². The van der Waals surface area contributed by atoms with Gasteiger partial charge in [0, 0.05) is 22.6 Å². The predicted molar refractivity (Wildman–Crippen MR) is 170 cm³/mol. The molecule has 50 heavy (non-hydrogen) atoms. The van der Waals surface area contributed by atoms with E-state index in [1.54, 1.807) is 36.6 Å². The minimum absolute atomic E-state index is 0.0197. The zero-order valence-corrected chi connectivity index (χ0v) is 27.6. The van der Waals surface area contributed by atoms with Gasteiger partial charge in [-0.1, -0.05) is 31.2 Å². The Morgan fingerprint density at radius 1 is 1.08 bits per heavy atom. The lowest BCUT2D eigenvalue weighted by Crippen LogP contribution is -2.43. The van der Waals surface area contributed by atoms with Crippen LogP contribution in [0.15, 0.2) is 84.8 Å². The third kappa shape index (κ3) is 8.80. The maximum Gasteiger partial charge on any atom is 0.512 e. The average Bonchev–Trinajstić information content (AvgIpc) is 3.80. The number of esters is 1. The van der Waals surface area contributed by atoms with E-state index < -0.39 is 56.5 Å². The smallest absolute Gasteiger partial charge is 0.424 e. The molecule has 0 bridgehead atoms. The normalized spacial score (nSPS) is 13.1. The highest BCUT2D eigenvalue weighted by Crippen LogP contribution is 2.45. The third-order valence-electron chi connectivity index (χ3n) is 7.37. The molecular weight excluding hydrogens is 699 g/mol. The van der Waals surface area contributed by atoms with Gasteiger partial charge >= 0.3 is 19.9 Å². The number of ether oxygens (including phenoxy) is 3. The van der Waals surface area contributed by atoms with Crippen molar-refractivity contribution in [3.05, 3.63) is 124 Å². The summed E-state index contributed by atoms with van der Waals surface area (Å²) in [5.74, 6) is -3.74. The molecule has 3 aromatic carbocycles. The Labute approximate surface area is 286 Å². The summed E-state index contributed by atoms with van der Waals surface area (Å²) in [6.07, 6.45) is 1.16. The van der Waals surface area contributed by atoms with Crippen LogP contribution in [0.25, 0.3) is 11.3 Å². The first-order valence-electron chi connectivity index (χ1n) is 14.4. The van der Waals surface area contributed by atoms with Crippen molar-refractivity contribution in [2.75, 3.05) is 6.79 Å². The number of hydrogen-bond donors (Lipinski definition) is 2. The van der Waals surface area contributed by atoms with Gasteiger partial charge in [-0.2, -0.15) is 10.4 Å². The van der Waals surface area contributed by atoms with Crippen LogP contribution in [0.4, 0.5) is 13.6 Å². The number of benzene rings is 3. The number of carbonyl (C=O) groups excluding carboxylic acids is 2. The summed E-state index contributed by atoms with van der Waals surface area (Å²) in [6.45, 7) is -0.0191. The van der Waals surface area contributed by atoms with Crippen LogP contribution in [0.1, 0.15) is 44.9 Å². The molecule has 0 saturated heterocycles. The molecule has 18 heteroatoms. The molecule has 0 aliphatic rings. The summed E-state index contributed by atoms with van der Waals surface area (Å²) in [5.41, 5.74) is -0.137. The van der Waals surface area contributed by atoms with Gasteiger partial charge in [0.1, 0.15) is 29.3 Å². The number of rotatable bonds is 13. The third-order valence-corrected chi connectivity index (χ3v) is 8.87. The van der Waals surface area contributed by atoms with E-state index in [1.165, 1.54) is 52.9 Å². The Morgan fingerprint density at radius 3 is 2.46 bits per heavy atom. The van der Waals surface area contributed by atoms with Crippen LogP contribution < -0.4 is 0 Å². The monoisotopic (exact) mass is 725 g/mol. The largest absolute Gasteiger partial charge is 0.512 e. The number of nitriles is 1. The number of thiazole rings is 1. The zero-order chi connectivity index (χ0) is 35.9. The molecule has 258 valence electrons. The first-order chi connectivity index (χ1) is 23.9. The molecule has 2 aromatic heterocycles. The van der Waals surface area contributed by atoms with Crippen LogP contribution in [0, 0.1) is 23.0 Å². The Morgan fingerprint density at radius 2 is 1.82 bits per heavy atom. The molecule has 2 heterocycles. The molecular formula is C32H26F2N5O9PS. The van der Waals surface area contributed by atoms with E-state index >= 15 is 4.39 Å². The molecule has 5 rings (SSSR count). The lowest BCUT2D eigenvalue weighted by atomic mass is 9.81. The van der Waals surface area contributed by atoms with Gasteiger partial charge in [0.15, 0.2) is 5.60 Å². The molecule has 2 atom stereocenters. The van der Waals surface area contributed by atoms with Crippen molar-refractivity contribution in [3.8, 4) is 17.3 Å². The predicted octanol–water partition coefficient (Wildman–Crippen LogP) is 5.83. The maximum absolute atomic E-state index is 15.6. The summed E-state index contributed by atoms with van der Waals surface area (Å²) in [4.78, 5) is 52.2. The van der Waals surface area contributed by atoms with E-state index in [1.807, 2.05) is 6.07 Å². The standard InChI is InChI=1S/C32H26F2N5O9PS/c1-20(29-38-28(15-50-29)23-6-2-21(13-35)3-7-23)32(16-39-18-36-17-37-39,26-11-10-25(33)12-27(26)34)48-31(41)46-19-45-30(40)24-8-4-22(5-9-24)14-47-49(42,43)44/h2-12,15,17-18,20H,14,16,19H2,1H3,(H2,42,43,44)/t20-,32+/m0/s1. The van der Waals surface area contributed by atoms with Crippen molar-refractivity contribution < 1.29 is 51.5 Å². The van der Waals surface area contributed by atoms with E-state index in [0.29, 0.717) is 33.5 Å². The summed E-state index contributed by atoms with van der Waals surface area (Å²) in [5, 5.41) is 15.4. The molecule has 0 unspecified atom stereocenters. The van der Waals surface area contributed by atoms with Crippen molar-refractivity contribution in [1.29, 1.82) is 5.26 Å². The lowest BCUT2D eigenvalue weighted by molar-refractivity contribution is -0.0882. The van der Waals surface area contributed by atoms with Gasteiger partial charge in [0.2, 0.25) is 6.79 Å². The SMILES string of the molecule is C[C@@H](c1nc(-c2ccc(C#N)cc2)cs1)[C@@](Cn1cncn1)(OC(=O)OCOC(=O)c1ccc(COP(=O)(O)O)cc1)c1ccc(F)cc1F. The van der Waals surface area contributed by atoms with Crippen molar-refractivity contribution in [1.82, 2.24) is 19.7 Å². The van der Waals surface area contributed by atoms with Crippen molar-refractivity contribution in [3.63, 3.8) is 0 Å².